The maximum atomic E-state index is 12.5. The van der Waals surface area contributed by atoms with Crippen LogP contribution in [0.4, 0.5) is 23.7 Å². The van der Waals surface area contributed by atoms with Crippen molar-refractivity contribution in [3.05, 3.63) is 72.6 Å². The van der Waals surface area contributed by atoms with Crippen LogP contribution >= 0.6 is 0 Å². The van der Waals surface area contributed by atoms with E-state index in [-0.39, 0.29) is 19.2 Å². The molecule has 0 saturated carbocycles. The van der Waals surface area contributed by atoms with Gasteiger partial charge in [-0.05, 0) is 23.3 Å². The summed E-state index contributed by atoms with van der Waals surface area (Å²) in [5.41, 5.74) is 3.72. The second-order valence-electron chi connectivity index (χ2n) is 6.43. The van der Waals surface area contributed by atoms with Crippen molar-refractivity contribution in [1.82, 2.24) is 15.1 Å². The quantitative estimate of drug-likeness (QED) is 0.456. The van der Waals surface area contributed by atoms with Crippen LogP contribution in [0.3, 0.4) is 0 Å². The zero-order valence-corrected chi connectivity index (χ0v) is 16.7. The average Bonchev–Trinajstić information content (AvgIpc) is 3.29. The molecule has 3 aromatic rings. The van der Waals surface area contributed by atoms with Crippen LogP contribution in [0, 0.1) is 0 Å². The minimum Gasteiger partial charge on any atom is -0.475 e. The minimum absolute atomic E-state index is 0.0836. The number of anilines is 1. The van der Waals surface area contributed by atoms with Gasteiger partial charge in [-0.15, -0.1) is 0 Å². The minimum atomic E-state index is -5.08. The summed E-state index contributed by atoms with van der Waals surface area (Å²) >= 11 is 0. The second kappa shape index (κ2) is 11.5. The number of aliphatic hydroxyl groups excluding tert-OH is 1. The van der Waals surface area contributed by atoms with Crippen LogP contribution < -0.4 is 5.32 Å². The van der Waals surface area contributed by atoms with Gasteiger partial charge in [0.15, 0.2) is 0 Å². The number of hydrogen-bond acceptors (Lipinski definition) is 4. The van der Waals surface area contributed by atoms with Crippen molar-refractivity contribution in [2.45, 2.75) is 12.7 Å². The summed E-state index contributed by atoms with van der Waals surface area (Å²) in [6, 6.07) is 17.0. The summed E-state index contributed by atoms with van der Waals surface area (Å²) in [4.78, 5) is 23.0. The van der Waals surface area contributed by atoms with Gasteiger partial charge in [0.1, 0.15) is 0 Å². The van der Waals surface area contributed by atoms with Gasteiger partial charge < -0.3 is 20.4 Å². The Hall–Kier alpha value is -3.86. The number of amides is 2. The van der Waals surface area contributed by atoms with E-state index in [1.807, 2.05) is 60.8 Å². The molecule has 32 heavy (non-hydrogen) atoms. The van der Waals surface area contributed by atoms with Gasteiger partial charge in [-0.25, -0.2) is 9.59 Å². The van der Waals surface area contributed by atoms with E-state index < -0.39 is 12.1 Å². The number of nitrogens with zero attached hydrogens (tertiary/aromatic N) is 2. The summed E-state index contributed by atoms with van der Waals surface area (Å²) in [6.45, 7) is 0.633. The number of carbonyl (C=O) groups excluding carboxylic acids is 1. The number of aliphatic carboxylic acids is 1. The van der Waals surface area contributed by atoms with Gasteiger partial charge in [-0.2, -0.15) is 18.3 Å². The van der Waals surface area contributed by atoms with Gasteiger partial charge in [0.25, 0.3) is 0 Å². The number of nitrogens with one attached hydrogen (secondary N) is 2. The number of aliphatic hydroxyl groups is 1. The molecular weight excluding hydrogens is 429 g/mol. The molecule has 3 rings (SSSR count). The molecule has 1 heterocycles. The average molecular weight is 450 g/mol. The molecule has 0 aliphatic rings. The molecule has 11 heteroatoms. The van der Waals surface area contributed by atoms with E-state index in [1.54, 1.807) is 11.1 Å². The third-order valence-electron chi connectivity index (χ3n) is 4.08. The number of rotatable bonds is 6. The number of benzene rings is 2. The zero-order valence-electron chi connectivity index (χ0n) is 16.7. The molecule has 8 nitrogen and oxygen atoms in total. The highest BCUT2D eigenvalue weighted by atomic mass is 19.4. The third kappa shape index (κ3) is 7.76. The molecule has 0 fully saturated rings. The first kappa shape index (κ1) is 24.4. The van der Waals surface area contributed by atoms with Crippen molar-refractivity contribution in [2.75, 3.05) is 18.5 Å². The van der Waals surface area contributed by atoms with Crippen molar-refractivity contribution in [1.29, 1.82) is 0 Å². The fraction of sp³-hybridized carbons (Fsp3) is 0.190. The molecule has 0 bridgehead atoms. The maximum Gasteiger partial charge on any atom is 0.490 e. The topological polar surface area (TPSA) is 119 Å². The molecule has 0 aliphatic heterocycles. The Bertz CT molecular complexity index is 979. The normalized spacial score (nSPS) is 10.6. The molecule has 2 amide bonds. The smallest absolute Gasteiger partial charge is 0.475 e. The van der Waals surface area contributed by atoms with Gasteiger partial charge in [0.05, 0.1) is 12.8 Å². The van der Waals surface area contributed by atoms with Crippen LogP contribution in [-0.2, 0) is 11.3 Å². The lowest BCUT2D eigenvalue weighted by molar-refractivity contribution is -0.192. The SMILES string of the molecule is O=C(Nc1ccc(-c2cn[nH]c2)cc1)N(CCO)Cc1ccccc1.O=C(O)C(F)(F)F. The molecule has 0 unspecified atom stereocenters. The van der Waals surface area contributed by atoms with Gasteiger partial charge in [0, 0.05) is 30.5 Å². The molecule has 1 aromatic heterocycles. The maximum absolute atomic E-state index is 12.5. The molecule has 4 N–H and O–H groups in total. The number of aromatic nitrogens is 2. The first-order valence-corrected chi connectivity index (χ1v) is 9.30. The molecular formula is C21H21F3N4O4. The highest BCUT2D eigenvalue weighted by Crippen LogP contribution is 2.20. The van der Waals surface area contributed by atoms with Crippen LogP contribution in [0.5, 0.6) is 0 Å². The summed E-state index contributed by atoms with van der Waals surface area (Å²) < 4.78 is 31.7. The van der Waals surface area contributed by atoms with E-state index in [9.17, 15) is 23.1 Å². The zero-order chi connectivity index (χ0) is 23.6. The summed E-state index contributed by atoms with van der Waals surface area (Å²) in [5.74, 6) is -2.76. The summed E-state index contributed by atoms with van der Waals surface area (Å²) in [7, 11) is 0. The predicted octanol–water partition coefficient (Wildman–Crippen LogP) is 3.74. The fourth-order valence-corrected chi connectivity index (χ4v) is 2.53. The van der Waals surface area contributed by atoms with Crippen LogP contribution in [0.25, 0.3) is 11.1 Å². The number of hydrogen-bond donors (Lipinski definition) is 4. The fourth-order valence-electron chi connectivity index (χ4n) is 2.53. The van der Waals surface area contributed by atoms with E-state index in [4.69, 9.17) is 9.90 Å². The van der Waals surface area contributed by atoms with Gasteiger partial charge in [-0.3, -0.25) is 5.10 Å². The van der Waals surface area contributed by atoms with Crippen LogP contribution in [0.1, 0.15) is 5.56 Å². The van der Waals surface area contributed by atoms with Gasteiger partial charge in [0.2, 0.25) is 0 Å². The Kier molecular flexibility index (Phi) is 8.78. The number of carbonyl (C=O) groups is 2. The van der Waals surface area contributed by atoms with E-state index in [1.165, 1.54) is 0 Å². The Labute approximate surface area is 181 Å². The molecule has 0 aliphatic carbocycles. The number of carboxylic acid groups (broad SMARTS) is 1. The van der Waals surface area contributed by atoms with E-state index in [0.717, 1.165) is 16.7 Å². The van der Waals surface area contributed by atoms with Crippen molar-refractivity contribution >= 4 is 17.7 Å². The monoisotopic (exact) mass is 450 g/mol. The predicted molar refractivity (Wildman–Crippen MR) is 111 cm³/mol. The van der Waals surface area contributed by atoms with Crippen LogP contribution in [-0.4, -0.2) is 56.6 Å². The lowest BCUT2D eigenvalue weighted by atomic mass is 10.1. The Morgan fingerprint density at radius 2 is 1.66 bits per heavy atom. The van der Waals surface area contributed by atoms with Gasteiger partial charge in [-0.1, -0.05) is 42.5 Å². The standard InChI is InChI=1S/C19H20N4O2.C2HF3O2/c24-11-10-23(14-15-4-2-1-3-5-15)19(25)22-18-8-6-16(7-9-18)17-12-20-21-13-17;3-2(4,5)1(6)7/h1-9,12-13,24H,10-11,14H2,(H,20,21)(H,22,25);(H,6,7). The largest absolute Gasteiger partial charge is 0.490 e. The lowest BCUT2D eigenvalue weighted by Gasteiger charge is -2.22. The van der Waals surface area contributed by atoms with Crippen molar-refractivity contribution in [2.24, 2.45) is 0 Å². The van der Waals surface area contributed by atoms with Crippen molar-refractivity contribution in [3.63, 3.8) is 0 Å². The first-order chi connectivity index (χ1) is 15.2. The number of aromatic amines is 1. The number of urea groups is 1. The molecule has 0 spiro atoms. The molecule has 0 saturated heterocycles. The second-order valence-corrected chi connectivity index (χ2v) is 6.43. The molecule has 0 atom stereocenters. The highest BCUT2D eigenvalue weighted by Gasteiger charge is 2.38. The Morgan fingerprint density at radius 3 is 2.16 bits per heavy atom. The van der Waals surface area contributed by atoms with Crippen molar-refractivity contribution < 1.29 is 33.0 Å². The Balaban J connectivity index is 0.000000451. The Morgan fingerprint density at radius 1 is 1.03 bits per heavy atom. The summed E-state index contributed by atoms with van der Waals surface area (Å²) in [6.07, 6.45) is -1.52. The highest BCUT2D eigenvalue weighted by molar-refractivity contribution is 5.89. The van der Waals surface area contributed by atoms with Crippen molar-refractivity contribution in [3.8, 4) is 11.1 Å². The van der Waals surface area contributed by atoms with E-state index in [2.05, 4.69) is 15.5 Å². The van der Waals surface area contributed by atoms with Gasteiger partial charge >= 0.3 is 18.2 Å². The number of alkyl halides is 3. The van der Waals surface area contributed by atoms with Crippen LogP contribution in [0.15, 0.2) is 67.0 Å². The number of halogens is 3. The number of H-pyrrole nitrogens is 1. The first-order valence-electron chi connectivity index (χ1n) is 9.30. The van der Waals surface area contributed by atoms with E-state index in [0.29, 0.717) is 12.2 Å². The lowest BCUT2D eigenvalue weighted by Crippen LogP contribution is -2.36. The van der Waals surface area contributed by atoms with Crippen LogP contribution in [0.2, 0.25) is 0 Å². The molecule has 0 radical (unpaired) electrons. The van der Waals surface area contributed by atoms with E-state index >= 15 is 0 Å². The molecule has 2 aromatic carbocycles. The molecule has 170 valence electrons. The number of carboxylic acids is 1. The summed E-state index contributed by atoms with van der Waals surface area (Å²) in [5, 5.41) is 25.9. The third-order valence-corrected chi connectivity index (χ3v) is 4.08.